The second-order valence-corrected chi connectivity index (χ2v) is 12.6. The predicted molar refractivity (Wildman–Crippen MR) is 172 cm³/mol. The molecule has 0 saturated heterocycles. The van der Waals surface area contributed by atoms with Crippen molar-refractivity contribution in [2.75, 3.05) is 0 Å². The Labute approximate surface area is 330 Å². The number of ketones is 1. The van der Waals surface area contributed by atoms with E-state index in [1.54, 1.807) is 35.3 Å². The molecule has 6 aromatic rings. The van der Waals surface area contributed by atoms with Gasteiger partial charge >= 0.3 is 0 Å². The smallest absolute Gasteiger partial charge is 0.202 e. The maximum absolute atomic E-state index is 15.4. The highest BCUT2D eigenvalue weighted by molar-refractivity contribution is 7.71. The third-order valence-corrected chi connectivity index (χ3v) is 9.31. The number of hydrogen-bond donors (Lipinski definition) is 0. The van der Waals surface area contributed by atoms with E-state index in [2.05, 4.69) is 4.98 Å². The van der Waals surface area contributed by atoms with Crippen LogP contribution in [-0.4, -0.2) is 16.5 Å². The van der Waals surface area contributed by atoms with Crippen molar-refractivity contribution in [3.63, 3.8) is 0 Å². The van der Waals surface area contributed by atoms with Crippen molar-refractivity contribution in [1.29, 1.82) is 0 Å². The molecule has 0 bridgehead atoms. The molecule has 0 amide bonds. The third-order valence-electron chi connectivity index (χ3n) is 8.96. The highest BCUT2D eigenvalue weighted by Gasteiger charge is 2.52. The van der Waals surface area contributed by atoms with Crippen LogP contribution in [0.25, 0.3) is 0 Å². The van der Waals surface area contributed by atoms with Crippen LogP contribution in [0.2, 0.25) is 0 Å². The van der Waals surface area contributed by atoms with Gasteiger partial charge in [0, 0.05) is 5.56 Å². The largest absolute Gasteiger partial charge is 0.321 e. The number of Topliss-reactive ketones (excluding diaryl/α,β-unsaturated/α-hetero) is 1. The van der Waals surface area contributed by atoms with Crippen molar-refractivity contribution in [2.24, 2.45) is 0 Å². The van der Waals surface area contributed by atoms with Gasteiger partial charge in [-0.15, -0.1) is 21.9 Å². The molecule has 0 saturated carbocycles. The summed E-state index contributed by atoms with van der Waals surface area (Å²) in [4.78, 5) is 14.8. The van der Waals surface area contributed by atoms with Gasteiger partial charge in [0.05, 0.1) is 12.7 Å². The molecule has 3 nitrogen and oxygen atoms in total. The van der Waals surface area contributed by atoms with Gasteiger partial charge in [-0.25, -0.2) is 92.8 Å². The zero-order valence-electron chi connectivity index (χ0n) is 28.7. The van der Waals surface area contributed by atoms with Gasteiger partial charge in [0.15, 0.2) is 86.4 Å². The Morgan fingerprint density at radius 2 is 0.705 bits per heavy atom. The van der Waals surface area contributed by atoms with E-state index in [1.165, 1.54) is 0 Å². The molecule has 0 aliphatic carbocycles. The summed E-state index contributed by atoms with van der Waals surface area (Å²) in [5.41, 5.74) is -13.6. The lowest BCUT2D eigenvalue weighted by Crippen LogP contribution is -2.81. The molecule has 0 aliphatic rings. The van der Waals surface area contributed by atoms with Crippen molar-refractivity contribution in [2.45, 2.75) is 6.54 Å². The van der Waals surface area contributed by atoms with E-state index in [1.807, 2.05) is 18.2 Å². The molecule has 25 heteroatoms. The van der Waals surface area contributed by atoms with Crippen molar-refractivity contribution in [3.8, 4) is 0 Å². The summed E-state index contributed by atoms with van der Waals surface area (Å²) in [5, 5.41) is 0. The van der Waals surface area contributed by atoms with Crippen molar-refractivity contribution >= 4 is 46.0 Å². The molecule has 0 atom stereocenters. The first kappa shape index (κ1) is 45.8. The maximum Gasteiger partial charge on any atom is 0.202 e. The summed E-state index contributed by atoms with van der Waals surface area (Å²) in [6, 6.07) is 9.21. The Morgan fingerprint density at radius 3 is 0.967 bits per heavy atom. The van der Waals surface area contributed by atoms with E-state index in [9.17, 15) is 57.5 Å². The normalized spacial score (nSPS) is 11.5. The molecule has 0 spiro atoms. The van der Waals surface area contributed by atoms with E-state index in [-0.39, 0.29) is 12.3 Å². The van der Waals surface area contributed by atoms with Gasteiger partial charge < -0.3 is 4.57 Å². The molecule has 0 aliphatic heterocycles. The minimum atomic E-state index is -7.22. The average Bonchev–Trinajstić information content (AvgIpc) is 3.24. The summed E-state index contributed by atoms with van der Waals surface area (Å²) >= 11 is 5.10. The van der Waals surface area contributed by atoms with Crippen LogP contribution in [0.1, 0.15) is 10.4 Å². The van der Waals surface area contributed by atoms with Crippen LogP contribution in [-0.2, 0) is 6.54 Å². The lowest BCUT2D eigenvalue weighted by atomic mass is 9.12. The number of hydrogen-bond acceptors (Lipinski definition) is 2. The Hall–Kier alpha value is -6.27. The Kier molecular flexibility index (Phi) is 12.8. The van der Waals surface area contributed by atoms with Crippen LogP contribution in [0, 0.1) is 121 Å². The van der Waals surface area contributed by atoms with Crippen LogP contribution in [0.15, 0.2) is 48.9 Å². The predicted octanol–water partition coefficient (Wildman–Crippen LogP) is 7.76. The van der Waals surface area contributed by atoms with Crippen LogP contribution in [0.3, 0.4) is 0 Å². The van der Waals surface area contributed by atoms with Crippen LogP contribution in [0.5, 0.6) is 0 Å². The number of halogens is 20. The first-order valence-electron chi connectivity index (χ1n) is 15.9. The van der Waals surface area contributed by atoms with Crippen LogP contribution < -0.4 is 26.8 Å². The van der Waals surface area contributed by atoms with Gasteiger partial charge in [-0.05, 0) is 0 Å². The Morgan fingerprint density at radius 1 is 0.443 bits per heavy atom. The summed E-state index contributed by atoms with van der Waals surface area (Å²) in [6.07, 6.45) is -2.02. The molecule has 1 N–H and O–H groups in total. The van der Waals surface area contributed by atoms with Crippen LogP contribution in [0.4, 0.5) is 87.8 Å². The Bertz CT molecular complexity index is 2460. The van der Waals surface area contributed by atoms with Gasteiger partial charge in [-0.3, -0.25) is 4.79 Å². The number of aromatic nitrogens is 2. The maximum atomic E-state index is 15.4. The second-order valence-electron chi connectivity index (χ2n) is 12.2. The standard InChI is InChI=1S/C24BF20.C12H10N2OS/c26-5-1(6(27)14(35)21(42)13(5)34)25(2-7(28)15(36)22(43)16(37)8(2)29,3-9(30)17(38)23(44)18(39)10(3)31)4-11(32)19(40)24(45)20(41)12(4)33;15-11(10-4-2-1-3-5-10)9-14-7-6-13-8-12(14)16/h;1-8H,9H2/q-1;/p+1. The topological polar surface area (TPSA) is 36.1 Å². The highest BCUT2D eigenvalue weighted by Crippen LogP contribution is 2.30. The van der Waals surface area contributed by atoms with E-state index >= 15 is 35.1 Å². The van der Waals surface area contributed by atoms with Crippen molar-refractivity contribution in [1.82, 2.24) is 4.57 Å². The summed E-state index contributed by atoms with van der Waals surface area (Å²) < 4.78 is 296. The first-order valence-corrected chi connectivity index (χ1v) is 16.3. The van der Waals surface area contributed by atoms with Crippen molar-refractivity contribution < 1.29 is 97.6 Å². The molecule has 5 aromatic carbocycles. The first-order chi connectivity index (χ1) is 28.5. The second kappa shape index (κ2) is 17.0. The van der Waals surface area contributed by atoms with E-state index in [0.29, 0.717) is 10.2 Å². The molecule has 0 fully saturated rings. The minimum absolute atomic E-state index is 0.0582. The number of carbonyl (C=O) groups is 1. The lowest BCUT2D eigenvalue weighted by molar-refractivity contribution is -0.380. The third kappa shape index (κ3) is 7.26. The van der Waals surface area contributed by atoms with Gasteiger partial charge in [0.1, 0.15) is 52.7 Å². The molecule has 6 rings (SSSR count). The number of rotatable bonds is 7. The fourth-order valence-electron chi connectivity index (χ4n) is 6.28. The van der Waals surface area contributed by atoms with Crippen LogP contribution >= 0.6 is 12.2 Å². The molecule has 1 aromatic heterocycles. The van der Waals surface area contributed by atoms with Gasteiger partial charge in [0.2, 0.25) is 6.20 Å². The lowest BCUT2D eigenvalue weighted by Gasteiger charge is -2.44. The molecular weight excluding hydrogens is 899 g/mol. The number of aromatic amines is 1. The summed E-state index contributed by atoms with van der Waals surface area (Å²) in [6.45, 7) is 0.275. The van der Waals surface area contributed by atoms with E-state index in [0.717, 1.165) is 0 Å². The Balaban J connectivity index is 0.000000366. The fourth-order valence-corrected chi connectivity index (χ4v) is 6.48. The van der Waals surface area contributed by atoms with Gasteiger partial charge in [-0.2, -0.15) is 0 Å². The fraction of sp³-hybridized carbons (Fsp3) is 0.0278. The molecule has 0 radical (unpaired) electrons. The zero-order valence-corrected chi connectivity index (χ0v) is 29.5. The number of nitrogens with zero attached hydrogens (tertiary/aromatic N) is 1. The van der Waals surface area contributed by atoms with E-state index in [4.69, 9.17) is 12.2 Å². The minimum Gasteiger partial charge on any atom is -0.321 e. The molecule has 1 heterocycles. The number of carbonyl (C=O) groups excluding carboxylic acids is 1. The molecule has 0 unspecified atom stereocenters. The number of H-pyrrole nitrogens is 1. The van der Waals surface area contributed by atoms with Gasteiger partial charge in [0.25, 0.3) is 0 Å². The molecular formula is C36H11BF20N2OS. The number of benzene rings is 5. The van der Waals surface area contributed by atoms with Gasteiger partial charge in [-0.1, -0.05) is 42.5 Å². The van der Waals surface area contributed by atoms with E-state index < -0.39 is 144 Å². The summed E-state index contributed by atoms with van der Waals surface area (Å²) in [7, 11) is 0. The quantitative estimate of drug-likeness (QED) is 0.0411. The highest BCUT2D eigenvalue weighted by atomic mass is 32.1. The molecule has 320 valence electrons. The number of nitrogens with one attached hydrogen (secondary N) is 1. The summed E-state index contributed by atoms with van der Waals surface area (Å²) in [5.74, 6) is -71.3. The molecule has 61 heavy (non-hydrogen) atoms. The monoisotopic (exact) mass is 910 g/mol. The average molecular weight is 910 g/mol. The van der Waals surface area contributed by atoms with Crippen molar-refractivity contribution in [3.05, 3.63) is 175 Å². The SMILES string of the molecule is Fc1c(F)c(F)c([B-](c2c(F)c(F)c(F)c(F)c2F)(c2c(F)c(F)c(F)c(F)c2F)c2c(F)c(F)c(F)c(F)c2F)c(F)c1F.O=C(Cn1cc[nH+]cc1=S)c1ccccc1. The zero-order chi connectivity index (χ0) is 45.7.